The zero-order valence-electron chi connectivity index (χ0n) is 17.4. The van der Waals surface area contributed by atoms with Gasteiger partial charge in [-0.15, -0.1) is 0 Å². The van der Waals surface area contributed by atoms with E-state index in [-0.39, 0.29) is 29.8 Å². The minimum atomic E-state index is -0.297. The number of anilines is 1. The van der Waals surface area contributed by atoms with Gasteiger partial charge in [0.05, 0.1) is 0 Å². The number of pyridine rings is 1. The van der Waals surface area contributed by atoms with E-state index >= 15 is 0 Å². The normalized spacial score (nSPS) is 21.1. The summed E-state index contributed by atoms with van der Waals surface area (Å²) < 4.78 is 0. The van der Waals surface area contributed by atoms with Crippen molar-refractivity contribution in [2.75, 3.05) is 31.5 Å². The number of aromatic nitrogens is 1. The van der Waals surface area contributed by atoms with Gasteiger partial charge < -0.3 is 15.1 Å². The quantitative estimate of drug-likeness (QED) is 0.677. The summed E-state index contributed by atoms with van der Waals surface area (Å²) in [4.78, 5) is 44.6. The van der Waals surface area contributed by atoms with Crippen molar-refractivity contribution in [2.24, 2.45) is 0 Å². The van der Waals surface area contributed by atoms with Crippen LogP contribution in [0.3, 0.4) is 0 Å². The maximum atomic E-state index is 12.9. The van der Waals surface area contributed by atoms with Crippen LogP contribution < -0.4 is 16.2 Å². The van der Waals surface area contributed by atoms with Gasteiger partial charge in [-0.3, -0.25) is 19.4 Å². The van der Waals surface area contributed by atoms with Crippen molar-refractivity contribution in [3.8, 4) is 0 Å². The molecule has 31 heavy (non-hydrogen) atoms. The number of hydrogen-bond donors (Lipinski definition) is 3. The molecule has 2 aliphatic rings. The molecule has 3 heterocycles. The van der Waals surface area contributed by atoms with Crippen LogP contribution in [0.25, 0.3) is 0 Å². The Morgan fingerprint density at radius 3 is 2.42 bits per heavy atom. The Hall–Kier alpha value is -3.30. The largest absolute Gasteiger partial charge is 0.338 e. The summed E-state index contributed by atoms with van der Waals surface area (Å²) in [5.41, 5.74) is 8.50. The Bertz CT molecular complexity index is 959. The van der Waals surface area contributed by atoms with E-state index in [2.05, 4.69) is 21.2 Å². The van der Waals surface area contributed by atoms with E-state index in [1.54, 1.807) is 41.6 Å². The maximum Gasteiger partial charge on any atom is 0.254 e. The number of hydrogen-bond acceptors (Lipinski definition) is 6. The minimum Gasteiger partial charge on any atom is -0.338 e. The highest BCUT2D eigenvalue weighted by atomic mass is 16.2. The second-order valence-electron chi connectivity index (χ2n) is 7.79. The first-order valence-electron chi connectivity index (χ1n) is 10.4. The third-order valence-electron chi connectivity index (χ3n) is 5.62. The van der Waals surface area contributed by atoms with Crippen LogP contribution in [-0.4, -0.2) is 64.7 Å². The molecular formula is C22H26N6O3. The first-order chi connectivity index (χ1) is 15.0. The van der Waals surface area contributed by atoms with E-state index in [0.717, 1.165) is 5.56 Å². The highest BCUT2D eigenvalue weighted by molar-refractivity contribution is 5.97. The maximum absolute atomic E-state index is 12.9. The van der Waals surface area contributed by atoms with E-state index in [9.17, 15) is 14.4 Å². The van der Waals surface area contributed by atoms with Crippen LogP contribution in [0.1, 0.15) is 35.3 Å². The topological polar surface area (TPSA) is 107 Å². The molecule has 0 radical (unpaired) electrons. The van der Waals surface area contributed by atoms with Gasteiger partial charge in [-0.2, -0.15) is 0 Å². The zero-order valence-corrected chi connectivity index (χ0v) is 17.4. The molecule has 3 amide bonds. The van der Waals surface area contributed by atoms with Crippen molar-refractivity contribution >= 4 is 23.4 Å². The van der Waals surface area contributed by atoms with Gasteiger partial charge >= 0.3 is 0 Å². The predicted molar refractivity (Wildman–Crippen MR) is 115 cm³/mol. The SMILES string of the molecule is CC(=O)Nc1cccc(C(=O)N2CCN(C(=O)C3CC(c4ccncc4)NN3)CC2)c1. The summed E-state index contributed by atoms with van der Waals surface area (Å²) in [6, 6.07) is 10.6. The van der Waals surface area contributed by atoms with Gasteiger partial charge in [0, 0.05) is 62.8 Å². The van der Waals surface area contributed by atoms with Gasteiger partial charge in [-0.05, 0) is 42.3 Å². The van der Waals surface area contributed by atoms with Gasteiger partial charge in [-0.25, -0.2) is 10.9 Å². The first-order valence-corrected chi connectivity index (χ1v) is 10.4. The van der Waals surface area contributed by atoms with Crippen LogP contribution >= 0.6 is 0 Å². The molecule has 162 valence electrons. The summed E-state index contributed by atoms with van der Waals surface area (Å²) in [6.45, 7) is 3.37. The lowest BCUT2D eigenvalue weighted by Gasteiger charge is -2.36. The first kappa shape index (κ1) is 21.0. The number of nitrogens with one attached hydrogen (secondary N) is 3. The fourth-order valence-electron chi connectivity index (χ4n) is 4.00. The van der Waals surface area contributed by atoms with Crippen LogP contribution in [0.4, 0.5) is 5.69 Å². The number of hydrazine groups is 1. The molecule has 1 aromatic heterocycles. The summed E-state index contributed by atoms with van der Waals surface area (Å²) in [5.74, 6) is -0.237. The zero-order chi connectivity index (χ0) is 21.8. The fraction of sp³-hybridized carbons (Fsp3) is 0.364. The second-order valence-corrected chi connectivity index (χ2v) is 7.79. The van der Waals surface area contributed by atoms with Crippen molar-refractivity contribution in [1.29, 1.82) is 0 Å². The summed E-state index contributed by atoms with van der Waals surface area (Å²) in [7, 11) is 0. The highest BCUT2D eigenvalue weighted by Crippen LogP contribution is 2.23. The molecule has 2 unspecified atom stereocenters. The van der Waals surface area contributed by atoms with Gasteiger partial charge in [0.25, 0.3) is 5.91 Å². The van der Waals surface area contributed by atoms with Gasteiger partial charge in [-0.1, -0.05) is 6.07 Å². The minimum absolute atomic E-state index is 0.0452. The van der Waals surface area contributed by atoms with E-state index < -0.39 is 0 Å². The molecule has 1 aromatic carbocycles. The average molecular weight is 422 g/mol. The highest BCUT2D eigenvalue weighted by Gasteiger charge is 2.34. The van der Waals surface area contributed by atoms with E-state index in [1.807, 2.05) is 17.0 Å². The summed E-state index contributed by atoms with van der Waals surface area (Å²) in [5, 5.41) is 2.69. The van der Waals surface area contributed by atoms with Gasteiger partial charge in [0.2, 0.25) is 11.8 Å². The predicted octanol–water partition coefficient (Wildman–Crippen LogP) is 0.932. The molecule has 3 N–H and O–H groups in total. The molecule has 2 aromatic rings. The Morgan fingerprint density at radius 2 is 1.71 bits per heavy atom. The molecule has 2 aliphatic heterocycles. The summed E-state index contributed by atoms with van der Waals surface area (Å²) >= 11 is 0. The van der Waals surface area contributed by atoms with Crippen LogP contribution in [0, 0.1) is 0 Å². The van der Waals surface area contributed by atoms with Crippen molar-refractivity contribution < 1.29 is 14.4 Å². The average Bonchev–Trinajstić information content (AvgIpc) is 3.29. The molecule has 2 saturated heterocycles. The number of carbonyl (C=O) groups excluding carboxylic acids is 3. The van der Waals surface area contributed by atoms with Crippen LogP contribution in [0.15, 0.2) is 48.8 Å². The van der Waals surface area contributed by atoms with Crippen LogP contribution in [-0.2, 0) is 9.59 Å². The van der Waals surface area contributed by atoms with E-state index in [1.165, 1.54) is 6.92 Å². The molecule has 0 saturated carbocycles. The van der Waals surface area contributed by atoms with Crippen molar-refractivity contribution in [3.05, 3.63) is 59.9 Å². The number of nitrogens with zero attached hydrogens (tertiary/aromatic N) is 3. The molecule has 0 spiro atoms. The van der Waals surface area contributed by atoms with Crippen LogP contribution in [0.5, 0.6) is 0 Å². The van der Waals surface area contributed by atoms with E-state index in [0.29, 0.717) is 43.9 Å². The Morgan fingerprint density at radius 1 is 1.00 bits per heavy atom. The van der Waals surface area contributed by atoms with Crippen LogP contribution in [0.2, 0.25) is 0 Å². The third-order valence-corrected chi connectivity index (χ3v) is 5.62. The number of piperazine rings is 1. The molecule has 9 nitrogen and oxygen atoms in total. The smallest absolute Gasteiger partial charge is 0.254 e. The number of amides is 3. The lowest BCUT2D eigenvalue weighted by Crippen LogP contribution is -2.54. The molecule has 9 heteroatoms. The molecule has 4 rings (SSSR count). The number of carbonyl (C=O) groups is 3. The summed E-state index contributed by atoms with van der Waals surface area (Å²) in [6.07, 6.45) is 4.15. The van der Waals surface area contributed by atoms with Crippen molar-refractivity contribution in [3.63, 3.8) is 0 Å². The molecule has 2 atom stereocenters. The Labute approximate surface area is 180 Å². The van der Waals surface area contributed by atoms with Gasteiger partial charge in [0.15, 0.2) is 0 Å². The standard InChI is InChI=1S/C22H26N6O3/c1-15(29)24-18-4-2-3-17(13-18)21(30)27-9-11-28(12-10-27)22(31)20-14-19(25-26-20)16-5-7-23-8-6-16/h2-8,13,19-20,25-26H,9-12,14H2,1H3,(H,24,29). The van der Waals surface area contributed by atoms with E-state index in [4.69, 9.17) is 0 Å². The Kier molecular flexibility index (Phi) is 6.24. The molecule has 2 fully saturated rings. The lowest BCUT2D eigenvalue weighted by atomic mass is 10.0. The second kappa shape index (κ2) is 9.23. The molecule has 0 bridgehead atoms. The number of benzene rings is 1. The lowest BCUT2D eigenvalue weighted by molar-refractivity contribution is -0.134. The number of rotatable bonds is 4. The monoisotopic (exact) mass is 422 g/mol. The fourth-order valence-corrected chi connectivity index (χ4v) is 4.00. The molecular weight excluding hydrogens is 396 g/mol. The van der Waals surface area contributed by atoms with Gasteiger partial charge in [0.1, 0.15) is 6.04 Å². The van der Waals surface area contributed by atoms with Crippen molar-refractivity contribution in [1.82, 2.24) is 25.6 Å². The Balaban J connectivity index is 1.31. The third kappa shape index (κ3) is 4.89. The molecule has 0 aliphatic carbocycles. The van der Waals surface area contributed by atoms with Crippen molar-refractivity contribution in [2.45, 2.75) is 25.4 Å².